The van der Waals surface area contributed by atoms with E-state index in [1.165, 1.54) is 0 Å². The van der Waals surface area contributed by atoms with Crippen molar-refractivity contribution in [1.29, 1.82) is 0 Å². The van der Waals surface area contributed by atoms with Crippen LogP contribution in [0, 0.1) is 11.3 Å². The quantitative estimate of drug-likeness (QED) is 0.642. The van der Waals surface area contributed by atoms with Crippen molar-refractivity contribution in [3.8, 4) is 0 Å². The van der Waals surface area contributed by atoms with Gasteiger partial charge in [0.15, 0.2) is 0 Å². The second-order valence-electron chi connectivity index (χ2n) is 5.24. The van der Waals surface area contributed by atoms with Crippen molar-refractivity contribution in [2.45, 2.75) is 27.7 Å². The molecule has 1 atom stereocenters. The Bertz CT molecular complexity index is 200. The van der Waals surface area contributed by atoms with Crippen molar-refractivity contribution in [2.24, 2.45) is 11.3 Å². The Morgan fingerprint density at radius 1 is 1.38 bits per heavy atom. The molecule has 4 heteroatoms. The normalized spacial score (nSPS) is 13.6. The molecule has 0 saturated heterocycles. The topological polar surface area (TPSA) is 50.4 Å². The van der Waals surface area contributed by atoms with Gasteiger partial charge >= 0.3 is 0 Å². The van der Waals surface area contributed by atoms with E-state index in [9.17, 15) is 4.79 Å². The summed E-state index contributed by atoms with van der Waals surface area (Å²) in [7, 11) is 1.62. The highest BCUT2D eigenvalue weighted by atomic mass is 16.5. The lowest BCUT2D eigenvalue weighted by Gasteiger charge is -2.27. The molecule has 0 heterocycles. The van der Waals surface area contributed by atoms with E-state index in [1.54, 1.807) is 7.11 Å². The lowest BCUT2D eigenvalue weighted by molar-refractivity contribution is -0.120. The molecule has 96 valence electrons. The van der Waals surface area contributed by atoms with E-state index in [0.717, 1.165) is 6.54 Å². The smallest absolute Gasteiger partial charge is 0.234 e. The van der Waals surface area contributed by atoms with Crippen LogP contribution in [-0.2, 0) is 9.53 Å². The lowest BCUT2D eigenvalue weighted by Crippen LogP contribution is -2.38. The zero-order valence-electron chi connectivity index (χ0n) is 11.2. The van der Waals surface area contributed by atoms with Crippen LogP contribution in [0.3, 0.4) is 0 Å². The molecular formula is C12H26N2O2. The molecule has 0 radical (unpaired) electrons. The van der Waals surface area contributed by atoms with Gasteiger partial charge in [-0.25, -0.2) is 0 Å². The minimum Gasteiger partial charge on any atom is -0.383 e. The molecule has 0 rings (SSSR count). The molecule has 16 heavy (non-hydrogen) atoms. The largest absolute Gasteiger partial charge is 0.383 e. The highest BCUT2D eigenvalue weighted by Crippen LogP contribution is 2.24. The first-order chi connectivity index (χ1) is 7.38. The Morgan fingerprint density at radius 2 is 2.00 bits per heavy atom. The van der Waals surface area contributed by atoms with Crippen LogP contribution in [-0.4, -0.2) is 39.3 Å². The third-order valence-corrected chi connectivity index (χ3v) is 2.84. The molecule has 0 aliphatic heterocycles. The third kappa shape index (κ3) is 7.65. The Hall–Kier alpha value is -0.610. The van der Waals surface area contributed by atoms with E-state index in [1.807, 2.05) is 0 Å². The summed E-state index contributed by atoms with van der Waals surface area (Å²) in [5.74, 6) is 0.567. The zero-order chi connectivity index (χ0) is 12.6. The van der Waals surface area contributed by atoms with Crippen LogP contribution >= 0.6 is 0 Å². The molecule has 0 spiro atoms. The van der Waals surface area contributed by atoms with Gasteiger partial charge in [-0.3, -0.25) is 4.79 Å². The Morgan fingerprint density at radius 3 is 2.50 bits per heavy atom. The number of carbonyl (C=O) groups is 1. The van der Waals surface area contributed by atoms with Gasteiger partial charge < -0.3 is 15.4 Å². The monoisotopic (exact) mass is 230 g/mol. The number of amides is 1. The molecule has 0 aliphatic carbocycles. The number of methoxy groups -OCH3 is 1. The summed E-state index contributed by atoms with van der Waals surface area (Å²) in [4.78, 5) is 11.3. The van der Waals surface area contributed by atoms with Crippen molar-refractivity contribution < 1.29 is 9.53 Å². The van der Waals surface area contributed by atoms with E-state index in [2.05, 4.69) is 38.3 Å². The van der Waals surface area contributed by atoms with Gasteiger partial charge in [0.2, 0.25) is 5.91 Å². The first-order valence-corrected chi connectivity index (χ1v) is 5.84. The molecular weight excluding hydrogens is 204 g/mol. The predicted octanol–water partition coefficient (Wildman–Crippen LogP) is 1.02. The van der Waals surface area contributed by atoms with Gasteiger partial charge in [0.1, 0.15) is 0 Å². The van der Waals surface area contributed by atoms with Crippen molar-refractivity contribution in [3.63, 3.8) is 0 Å². The average Bonchev–Trinajstić information content (AvgIpc) is 2.16. The van der Waals surface area contributed by atoms with Crippen molar-refractivity contribution in [1.82, 2.24) is 10.6 Å². The maximum atomic E-state index is 11.3. The summed E-state index contributed by atoms with van der Waals surface area (Å²) in [6.07, 6.45) is 0. The Labute approximate surface area is 99.1 Å². The fourth-order valence-corrected chi connectivity index (χ4v) is 1.06. The van der Waals surface area contributed by atoms with Gasteiger partial charge in [0.05, 0.1) is 13.2 Å². The van der Waals surface area contributed by atoms with Gasteiger partial charge in [-0.15, -0.1) is 0 Å². The van der Waals surface area contributed by atoms with Crippen LogP contribution in [0.15, 0.2) is 0 Å². The Kier molecular flexibility index (Phi) is 7.34. The summed E-state index contributed by atoms with van der Waals surface area (Å²) < 4.78 is 4.84. The summed E-state index contributed by atoms with van der Waals surface area (Å²) in [5, 5.41) is 5.94. The minimum absolute atomic E-state index is 0.0261. The number of nitrogens with one attached hydrogen (secondary N) is 2. The second kappa shape index (κ2) is 7.63. The van der Waals surface area contributed by atoms with Gasteiger partial charge in [-0.2, -0.15) is 0 Å². The maximum absolute atomic E-state index is 11.3. The number of rotatable bonds is 7. The Balaban J connectivity index is 3.54. The van der Waals surface area contributed by atoms with Crippen LogP contribution in [0.1, 0.15) is 27.7 Å². The highest BCUT2D eigenvalue weighted by Gasteiger charge is 2.19. The van der Waals surface area contributed by atoms with Crippen LogP contribution < -0.4 is 10.6 Å². The first-order valence-electron chi connectivity index (χ1n) is 5.84. The number of hydrogen-bond acceptors (Lipinski definition) is 3. The van der Waals surface area contributed by atoms with Crippen LogP contribution in [0.25, 0.3) is 0 Å². The van der Waals surface area contributed by atoms with Gasteiger partial charge in [0.25, 0.3) is 0 Å². The SMILES string of the molecule is COCCNC(=O)CNCC(C)C(C)(C)C. The average molecular weight is 230 g/mol. The third-order valence-electron chi connectivity index (χ3n) is 2.84. The van der Waals surface area contributed by atoms with Gasteiger partial charge in [-0.1, -0.05) is 27.7 Å². The molecule has 0 aromatic heterocycles. The molecule has 0 aliphatic rings. The van der Waals surface area contributed by atoms with Gasteiger partial charge in [-0.05, 0) is 17.9 Å². The summed E-state index contributed by atoms with van der Waals surface area (Å²) in [6, 6.07) is 0. The van der Waals surface area contributed by atoms with E-state index in [0.29, 0.717) is 25.6 Å². The molecule has 1 amide bonds. The zero-order valence-corrected chi connectivity index (χ0v) is 11.2. The number of ether oxygens (including phenoxy) is 1. The molecule has 1 unspecified atom stereocenters. The first kappa shape index (κ1) is 15.4. The molecule has 0 bridgehead atoms. The molecule has 0 saturated carbocycles. The predicted molar refractivity (Wildman–Crippen MR) is 66.4 cm³/mol. The van der Waals surface area contributed by atoms with E-state index < -0.39 is 0 Å². The highest BCUT2D eigenvalue weighted by molar-refractivity contribution is 5.77. The van der Waals surface area contributed by atoms with Crippen LogP contribution in [0.5, 0.6) is 0 Å². The van der Waals surface area contributed by atoms with Gasteiger partial charge in [0, 0.05) is 13.7 Å². The molecule has 2 N–H and O–H groups in total. The molecule has 0 fully saturated rings. The van der Waals surface area contributed by atoms with E-state index in [4.69, 9.17) is 4.74 Å². The van der Waals surface area contributed by atoms with Crippen molar-refractivity contribution in [3.05, 3.63) is 0 Å². The van der Waals surface area contributed by atoms with E-state index in [-0.39, 0.29) is 11.3 Å². The summed E-state index contributed by atoms with van der Waals surface area (Å²) in [6.45, 7) is 11.2. The maximum Gasteiger partial charge on any atom is 0.234 e. The van der Waals surface area contributed by atoms with Crippen LogP contribution in [0.2, 0.25) is 0 Å². The molecule has 0 aromatic carbocycles. The van der Waals surface area contributed by atoms with E-state index >= 15 is 0 Å². The molecule has 0 aromatic rings. The number of hydrogen-bond donors (Lipinski definition) is 2. The lowest BCUT2D eigenvalue weighted by atomic mass is 9.82. The minimum atomic E-state index is 0.0261. The second-order valence-corrected chi connectivity index (χ2v) is 5.24. The van der Waals surface area contributed by atoms with Crippen molar-refractivity contribution >= 4 is 5.91 Å². The van der Waals surface area contributed by atoms with Crippen LogP contribution in [0.4, 0.5) is 0 Å². The standard InChI is InChI=1S/C12H26N2O2/c1-10(12(2,3)4)8-13-9-11(15)14-6-7-16-5/h10,13H,6-9H2,1-5H3,(H,14,15). The number of carbonyl (C=O) groups excluding carboxylic acids is 1. The van der Waals surface area contributed by atoms with Crippen molar-refractivity contribution in [2.75, 3.05) is 33.4 Å². The summed E-state index contributed by atoms with van der Waals surface area (Å²) in [5.41, 5.74) is 0.277. The fourth-order valence-electron chi connectivity index (χ4n) is 1.06. The molecule has 4 nitrogen and oxygen atoms in total. The fraction of sp³-hybridized carbons (Fsp3) is 0.917. The summed E-state index contributed by atoms with van der Waals surface area (Å²) >= 11 is 0.